The van der Waals surface area contributed by atoms with E-state index >= 15 is 4.79 Å². The summed E-state index contributed by atoms with van der Waals surface area (Å²) in [6.07, 6.45) is 9.19. The van der Waals surface area contributed by atoms with Crippen molar-refractivity contribution >= 4 is 41.3 Å². The zero-order chi connectivity index (χ0) is 45.3. The van der Waals surface area contributed by atoms with Crippen LogP contribution in [0.15, 0.2) is 24.3 Å². The van der Waals surface area contributed by atoms with Crippen LogP contribution < -0.4 is 10.6 Å². The predicted octanol–water partition coefficient (Wildman–Crippen LogP) is 7.17. The van der Waals surface area contributed by atoms with E-state index in [-0.39, 0.29) is 48.8 Å². The molecule has 0 bridgehead atoms. The molecule has 5 fully saturated rings. The van der Waals surface area contributed by atoms with Gasteiger partial charge >= 0.3 is 12.1 Å². The minimum absolute atomic E-state index is 0.0405. The Bertz CT molecular complexity index is 1910. The van der Waals surface area contributed by atoms with Crippen molar-refractivity contribution in [2.75, 3.05) is 26.2 Å². The molecule has 346 valence electrons. The lowest BCUT2D eigenvalue weighted by atomic mass is 9.70. The smallest absolute Gasteiger partial charge is 0.410 e. The first-order valence-electron chi connectivity index (χ1n) is 24.1. The largest absolute Gasteiger partial charge is 0.444 e. The predicted molar refractivity (Wildman–Crippen MR) is 238 cm³/mol. The number of amides is 5. The van der Waals surface area contributed by atoms with Crippen LogP contribution in [0.2, 0.25) is 0 Å². The van der Waals surface area contributed by atoms with Crippen LogP contribution in [0.3, 0.4) is 0 Å². The third-order valence-electron chi connectivity index (χ3n) is 15.2. The molecule has 1 aromatic rings. The van der Waals surface area contributed by atoms with E-state index < -0.39 is 70.6 Å². The van der Waals surface area contributed by atoms with Crippen molar-refractivity contribution in [2.45, 2.75) is 175 Å². The Morgan fingerprint density at radius 2 is 1.56 bits per heavy atom. The Kier molecular flexibility index (Phi) is 14.1. The fourth-order valence-corrected chi connectivity index (χ4v) is 10.4. The van der Waals surface area contributed by atoms with Crippen molar-refractivity contribution in [2.24, 2.45) is 34.0 Å². The van der Waals surface area contributed by atoms with Crippen LogP contribution in [-0.2, 0) is 41.7 Å². The van der Waals surface area contributed by atoms with Gasteiger partial charge in [0, 0.05) is 57.8 Å². The molecule has 3 aliphatic heterocycles. The second-order valence-electron chi connectivity index (χ2n) is 22.3. The first kappa shape index (κ1) is 46.7. The lowest BCUT2D eigenvalue weighted by Crippen LogP contribution is -2.62. The minimum Gasteiger partial charge on any atom is -0.444 e. The van der Waals surface area contributed by atoms with Gasteiger partial charge < -0.3 is 30.1 Å². The van der Waals surface area contributed by atoms with Gasteiger partial charge in [-0.2, -0.15) is 0 Å². The molecule has 2 saturated heterocycles. The van der Waals surface area contributed by atoms with Crippen LogP contribution in [0.4, 0.5) is 9.59 Å². The van der Waals surface area contributed by atoms with Crippen LogP contribution in [0.1, 0.15) is 149 Å². The van der Waals surface area contributed by atoms with E-state index in [4.69, 9.17) is 4.74 Å². The molecule has 3 saturated carbocycles. The number of carbonyl (C=O) groups excluding carboxylic acids is 7. The Labute approximate surface area is 374 Å². The van der Waals surface area contributed by atoms with E-state index in [1.54, 1.807) is 4.90 Å². The SMILES string of the molecule is CC1(C)CCN(C[C@@H](NC(=O)N[C@H](C(=O)N2C[C@H](OC(=O)N3CCc4ccccc4C3)C[C@H]2C(=O)CC(CC2CC2)C(=O)C(=O)CC2CC2)C2(C)CCCCC2)C(C)(C)C)C(=O)C1. The van der Waals surface area contributed by atoms with Gasteiger partial charge in [0.25, 0.3) is 0 Å². The van der Waals surface area contributed by atoms with Gasteiger partial charge in [-0.15, -0.1) is 0 Å². The van der Waals surface area contributed by atoms with Crippen molar-refractivity contribution in [1.29, 1.82) is 0 Å². The molecule has 7 rings (SSSR count). The van der Waals surface area contributed by atoms with Gasteiger partial charge in [-0.3, -0.25) is 24.0 Å². The Morgan fingerprint density at radius 3 is 2.21 bits per heavy atom. The third kappa shape index (κ3) is 11.9. The van der Waals surface area contributed by atoms with E-state index in [1.807, 2.05) is 50.8 Å². The van der Waals surface area contributed by atoms with Gasteiger partial charge in [0.1, 0.15) is 12.1 Å². The number of ketones is 3. The molecule has 5 atom stereocenters. The van der Waals surface area contributed by atoms with Crippen molar-refractivity contribution in [1.82, 2.24) is 25.3 Å². The summed E-state index contributed by atoms with van der Waals surface area (Å²) in [5, 5.41) is 6.26. The summed E-state index contributed by atoms with van der Waals surface area (Å²) in [6.45, 7) is 14.1. The van der Waals surface area contributed by atoms with Crippen LogP contribution in [0, 0.1) is 34.0 Å². The van der Waals surface area contributed by atoms with E-state index in [0.717, 1.165) is 56.9 Å². The average molecular weight is 872 g/mol. The van der Waals surface area contributed by atoms with E-state index in [0.29, 0.717) is 64.2 Å². The molecule has 1 aromatic carbocycles. The quantitative estimate of drug-likeness (QED) is 0.165. The molecule has 1 unspecified atom stereocenters. The first-order valence-corrected chi connectivity index (χ1v) is 24.1. The zero-order valence-corrected chi connectivity index (χ0v) is 38.8. The molecule has 5 amide bonds. The molecule has 0 radical (unpaired) electrons. The molecular weight excluding hydrogens is 799 g/mol. The van der Waals surface area contributed by atoms with Crippen molar-refractivity contribution in [3.05, 3.63) is 35.4 Å². The van der Waals surface area contributed by atoms with E-state index in [1.165, 1.54) is 10.5 Å². The highest BCUT2D eigenvalue weighted by molar-refractivity contribution is 6.38. The number of Topliss-reactive ketones (excluding diaryl/α,β-unsaturated/α-hetero) is 3. The fourth-order valence-electron chi connectivity index (χ4n) is 10.4. The molecule has 3 heterocycles. The van der Waals surface area contributed by atoms with Crippen LogP contribution in [-0.4, -0.2) is 106 Å². The Hall–Kier alpha value is -4.29. The molecule has 13 nitrogen and oxygen atoms in total. The molecule has 6 aliphatic rings. The van der Waals surface area contributed by atoms with Gasteiger partial charge in [-0.05, 0) is 84.2 Å². The van der Waals surface area contributed by atoms with Gasteiger partial charge in [0.05, 0.1) is 18.6 Å². The van der Waals surface area contributed by atoms with Crippen LogP contribution >= 0.6 is 0 Å². The summed E-state index contributed by atoms with van der Waals surface area (Å²) in [5.74, 6) is -1.81. The summed E-state index contributed by atoms with van der Waals surface area (Å²) in [7, 11) is 0. The number of carbonyl (C=O) groups is 7. The lowest BCUT2D eigenvalue weighted by molar-refractivity contribution is -0.144. The summed E-state index contributed by atoms with van der Waals surface area (Å²) in [4.78, 5) is 103. The third-order valence-corrected chi connectivity index (χ3v) is 15.2. The van der Waals surface area contributed by atoms with Crippen molar-refractivity contribution < 1.29 is 38.3 Å². The molecule has 63 heavy (non-hydrogen) atoms. The maximum atomic E-state index is 15.3. The topological polar surface area (TPSA) is 162 Å². The summed E-state index contributed by atoms with van der Waals surface area (Å²) in [6, 6.07) is 5.03. The Balaban J connectivity index is 1.12. The normalized spacial score (nSPS) is 24.7. The van der Waals surface area contributed by atoms with E-state index in [9.17, 15) is 28.8 Å². The standard InChI is InChI=1S/C50H73N5O8/c1-48(2,3)41(31-53-23-21-49(4,5)28-42(53)58)51-46(61)52-44(50(6)19-10-7-11-20-50)45(60)55-30-37(63-47(62)54-22-18-34-12-8-9-13-35(34)29-54)27-38(55)39(56)26-36(24-32-14-15-32)43(59)40(57)25-33-16-17-33/h8-9,12-13,32-33,36-38,41,44H,7,10-11,14-31H2,1-6H3,(H2,51,52,61)/t36?,37-,38+,41-,44-/m1/s1. The molecule has 13 heteroatoms. The number of rotatable bonds is 16. The maximum absolute atomic E-state index is 15.3. The first-order chi connectivity index (χ1) is 29.8. The second kappa shape index (κ2) is 19.0. The number of nitrogens with one attached hydrogen (secondary N) is 2. The molecule has 0 aromatic heterocycles. The van der Waals surface area contributed by atoms with Crippen LogP contribution in [0.5, 0.6) is 0 Å². The fraction of sp³-hybridized carbons (Fsp3) is 0.740. The summed E-state index contributed by atoms with van der Waals surface area (Å²) < 4.78 is 6.15. The van der Waals surface area contributed by atoms with Crippen LogP contribution in [0.25, 0.3) is 0 Å². The highest BCUT2D eigenvalue weighted by Crippen LogP contribution is 2.42. The van der Waals surface area contributed by atoms with Crippen molar-refractivity contribution in [3.8, 4) is 0 Å². The summed E-state index contributed by atoms with van der Waals surface area (Å²) >= 11 is 0. The highest BCUT2D eigenvalue weighted by atomic mass is 16.6. The number of piperidine rings is 1. The monoisotopic (exact) mass is 872 g/mol. The molecule has 0 spiro atoms. The number of ether oxygens (including phenoxy) is 1. The molecular formula is C50H73N5O8. The van der Waals surface area contributed by atoms with Gasteiger partial charge in [-0.1, -0.05) is 97.9 Å². The molecule has 2 N–H and O–H groups in total. The number of benzene rings is 1. The van der Waals surface area contributed by atoms with E-state index in [2.05, 4.69) is 30.5 Å². The number of fused-ring (bicyclic) bond motifs is 1. The van der Waals surface area contributed by atoms with Gasteiger partial charge in [-0.25, -0.2) is 9.59 Å². The molecule has 3 aliphatic carbocycles. The minimum atomic E-state index is -1.01. The van der Waals surface area contributed by atoms with Crippen molar-refractivity contribution in [3.63, 3.8) is 0 Å². The average Bonchev–Trinajstić information content (AvgIpc) is 4.18. The van der Waals surface area contributed by atoms with Gasteiger partial charge in [0.2, 0.25) is 17.6 Å². The number of nitrogens with zero attached hydrogens (tertiary/aromatic N) is 3. The maximum Gasteiger partial charge on any atom is 0.410 e. The number of hydrogen-bond acceptors (Lipinski definition) is 8. The lowest BCUT2D eigenvalue weighted by Gasteiger charge is -2.43. The Morgan fingerprint density at radius 1 is 0.873 bits per heavy atom. The number of likely N-dealkylation sites (tertiary alicyclic amines) is 2. The number of hydrogen-bond donors (Lipinski definition) is 2. The zero-order valence-electron chi connectivity index (χ0n) is 38.8. The summed E-state index contributed by atoms with van der Waals surface area (Å²) in [5.41, 5.74) is 1.10. The highest BCUT2D eigenvalue weighted by Gasteiger charge is 2.50. The van der Waals surface area contributed by atoms with Gasteiger partial charge in [0.15, 0.2) is 11.6 Å². The second-order valence-corrected chi connectivity index (χ2v) is 22.3. The number of urea groups is 1.